The third-order valence-electron chi connectivity index (χ3n) is 5.31. The lowest BCUT2D eigenvalue weighted by Crippen LogP contribution is -2.39. The second-order valence-electron chi connectivity index (χ2n) is 6.41. The van der Waals surface area contributed by atoms with Gasteiger partial charge in [-0.25, -0.2) is 0 Å². The van der Waals surface area contributed by atoms with Crippen LogP contribution in [0.5, 0.6) is 0 Å². The number of allylic oxidation sites excluding steroid dienone is 2. The van der Waals surface area contributed by atoms with Crippen molar-refractivity contribution in [3.05, 3.63) is 12.2 Å². The zero-order valence-corrected chi connectivity index (χ0v) is 11.4. The average molecular weight is 248 g/mol. The van der Waals surface area contributed by atoms with Crippen molar-refractivity contribution >= 4 is 5.97 Å². The smallest absolute Gasteiger partial charge is 0.310 e. The van der Waals surface area contributed by atoms with Crippen LogP contribution in [0.25, 0.3) is 0 Å². The summed E-state index contributed by atoms with van der Waals surface area (Å²) in [5.74, 6) is 1.37. The van der Waals surface area contributed by atoms with Gasteiger partial charge in [-0.3, -0.25) is 4.79 Å². The molecule has 3 aliphatic rings. The normalized spacial score (nSPS) is 36.8. The van der Waals surface area contributed by atoms with Crippen LogP contribution in [-0.4, -0.2) is 11.6 Å². The zero-order chi connectivity index (χ0) is 12.6. The molecule has 0 radical (unpaired) electrons. The maximum atomic E-state index is 12.4. The van der Waals surface area contributed by atoms with Crippen LogP contribution in [0.15, 0.2) is 12.2 Å². The summed E-state index contributed by atoms with van der Waals surface area (Å²) in [4.78, 5) is 12.4. The highest BCUT2D eigenvalue weighted by molar-refractivity contribution is 5.74. The standard InChI is InChI=1S/C16H24O2/c1-2-16(8-4-3-5-9-16)18-15(17)14-11-12-6-7-13(14)10-12/h6-7,12-14H,2-5,8-11H2,1H3/t12-,13+,14-/m1/s1. The van der Waals surface area contributed by atoms with Gasteiger partial charge in [0.1, 0.15) is 5.60 Å². The van der Waals surface area contributed by atoms with Crippen molar-refractivity contribution in [2.75, 3.05) is 0 Å². The highest BCUT2D eigenvalue weighted by Crippen LogP contribution is 2.45. The third kappa shape index (κ3) is 2.10. The minimum Gasteiger partial charge on any atom is -0.459 e. The molecule has 3 rings (SSSR count). The second kappa shape index (κ2) is 4.71. The predicted octanol–water partition coefficient (Wildman–Crippen LogP) is 3.85. The number of hydrogen-bond acceptors (Lipinski definition) is 2. The first-order valence-corrected chi connectivity index (χ1v) is 7.64. The first-order chi connectivity index (χ1) is 8.72. The van der Waals surface area contributed by atoms with E-state index in [-0.39, 0.29) is 17.5 Å². The van der Waals surface area contributed by atoms with Gasteiger partial charge in [0.05, 0.1) is 5.92 Å². The van der Waals surface area contributed by atoms with Crippen molar-refractivity contribution in [2.24, 2.45) is 17.8 Å². The van der Waals surface area contributed by atoms with Crippen LogP contribution in [0.3, 0.4) is 0 Å². The summed E-state index contributed by atoms with van der Waals surface area (Å²) < 4.78 is 5.99. The Labute approximate surface area is 110 Å². The number of fused-ring (bicyclic) bond motifs is 2. The Morgan fingerprint density at radius 2 is 2.00 bits per heavy atom. The molecule has 3 atom stereocenters. The molecule has 0 saturated heterocycles. The van der Waals surface area contributed by atoms with Gasteiger partial charge in [0.2, 0.25) is 0 Å². The first-order valence-electron chi connectivity index (χ1n) is 7.64. The SMILES string of the molecule is CCC1(OC(=O)[C@@H]2C[C@@H]3C=C[C@H]2C3)CCCCC1. The van der Waals surface area contributed by atoms with Crippen molar-refractivity contribution in [3.8, 4) is 0 Å². The molecule has 0 aromatic carbocycles. The highest BCUT2D eigenvalue weighted by Gasteiger charge is 2.43. The van der Waals surface area contributed by atoms with Crippen LogP contribution in [0.4, 0.5) is 0 Å². The molecule has 0 spiro atoms. The molecule has 2 nitrogen and oxygen atoms in total. The molecule has 0 amide bonds. The fourth-order valence-corrected chi connectivity index (χ4v) is 4.06. The van der Waals surface area contributed by atoms with Crippen LogP contribution >= 0.6 is 0 Å². The molecule has 2 bridgehead atoms. The lowest BCUT2D eigenvalue weighted by Gasteiger charge is -2.37. The van der Waals surface area contributed by atoms with Crippen LogP contribution in [0, 0.1) is 17.8 Å². The number of ether oxygens (including phenoxy) is 1. The Bertz CT molecular complexity index is 352. The first kappa shape index (κ1) is 12.3. The van der Waals surface area contributed by atoms with Gasteiger partial charge in [0.25, 0.3) is 0 Å². The predicted molar refractivity (Wildman–Crippen MR) is 71.0 cm³/mol. The van der Waals surface area contributed by atoms with E-state index in [0.717, 1.165) is 25.7 Å². The molecular formula is C16H24O2. The van der Waals surface area contributed by atoms with Gasteiger partial charge in [-0.15, -0.1) is 0 Å². The Hall–Kier alpha value is -0.790. The van der Waals surface area contributed by atoms with E-state index in [1.54, 1.807) is 0 Å². The van der Waals surface area contributed by atoms with Crippen molar-refractivity contribution in [1.82, 2.24) is 0 Å². The van der Waals surface area contributed by atoms with Gasteiger partial charge >= 0.3 is 5.97 Å². The van der Waals surface area contributed by atoms with Crippen LogP contribution in [0.1, 0.15) is 58.3 Å². The molecule has 3 aliphatic carbocycles. The average Bonchev–Trinajstić information content (AvgIpc) is 3.02. The molecular weight excluding hydrogens is 224 g/mol. The molecule has 2 heteroatoms. The lowest BCUT2D eigenvalue weighted by molar-refractivity contribution is -0.170. The lowest BCUT2D eigenvalue weighted by atomic mass is 9.82. The van der Waals surface area contributed by atoms with E-state index in [9.17, 15) is 4.79 Å². The number of rotatable bonds is 3. The highest BCUT2D eigenvalue weighted by atomic mass is 16.6. The van der Waals surface area contributed by atoms with Gasteiger partial charge in [0.15, 0.2) is 0 Å². The zero-order valence-electron chi connectivity index (χ0n) is 11.4. The van der Waals surface area contributed by atoms with Gasteiger partial charge in [-0.1, -0.05) is 25.5 Å². The van der Waals surface area contributed by atoms with Gasteiger partial charge in [0, 0.05) is 0 Å². The Morgan fingerprint density at radius 3 is 2.56 bits per heavy atom. The summed E-state index contributed by atoms with van der Waals surface area (Å²) in [7, 11) is 0. The van der Waals surface area contributed by atoms with Crippen molar-refractivity contribution in [1.29, 1.82) is 0 Å². The van der Waals surface area contributed by atoms with E-state index in [1.807, 2.05) is 0 Å². The second-order valence-corrected chi connectivity index (χ2v) is 6.41. The molecule has 0 aliphatic heterocycles. The Balaban J connectivity index is 1.64. The molecule has 0 unspecified atom stereocenters. The van der Waals surface area contributed by atoms with Crippen molar-refractivity contribution < 1.29 is 9.53 Å². The minimum absolute atomic E-state index is 0.0931. The van der Waals surface area contributed by atoms with E-state index < -0.39 is 0 Å². The molecule has 0 N–H and O–H groups in total. The molecule has 100 valence electrons. The third-order valence-corrected chi connectivity index (χ3v) is 5.31. The van der Waals surface area contributed by atoms with E-state index in [2.05, 4.69) is 19.1 Å². The Kier molecular flexibility index (Phi) is 3.21. The fraction of sp³-hybridized carbons (Fsp3) is 0.812. The van der Waals surface area contributed by atoms with E-state index in [0.29, 0.717) is 11.8 Å². The fourth-order valence-electron chi connectivity index (χ4n) is 4.06. The molecule has 2 fully saturated rings. The summed E-state index contributed by atoms with van der Waals surface area (Å²) in [5.41, 5.74) is -0.124. The van der Waals surface area contributed by atoms with Crippen LogP contribution < -0.4 is 0 Å². The number of esters is 1. The van der Waals surface area contributed by atoms with Crippen LogP contribution in [-0.2, 0) is 9.53 Å². The summed E-state index contributed by atoms with van der Waals surface area (Å²) >= 11 is 0. The summed E-state index contributed by atoms with van der Waals surface area (Å²) in [5, 5.41) is 0. The quantitative estimate of drug-likeness (QED) is 0.560. The molecule has 0 aromatic rings. The maximum Gasteiger partial charge on any atom is 0.310 e. The summed E-state index contributed by atoms with van der Waals surface area (Å²) in [6, 6.07) is 0. The Morgan fingerprint density at radius 1 is 1.22 bits per heavy atom. The molecule has 2 saturated carbocycles. The largest absolute Gasteiger partial charge is 0.459 e. The number of carbonyl (C=O) groups is 1. The van der Waals surface area contributed by atoms with E-state index in [4.69, 9.17) is 4.74 Å². The maximum absolute atomic E-state index is 12.4. The summed E-state index contributed by atoms with van der Waals surface area (Å²) in [6.07, 6.45) is 13.6. The van der Waals surface area contributed by atoms with E-state index in [1.165, 1.54) is 25.7 Å². The topological polar surface area (TPSA) is 26.3 Å². The van der Waals surface area contributed by atoms with Gasteiger partial charge in [-0.2, -0.15) is 0 Å². The van der Waals surface area contributed by atoms with Crippen LogP contribution in [0.2, 0.25) is 0 Å². The molecule has 0 heterocycles. The molecule has 18 heavy (non-hydrogen) atoms. The van der Waals surface area contributed by atoms with E-state index >= 15 is 0 Å². The monoisotopic (exact) mass is 248 g/mol. The number of hydrogen-bond donors (Lipinski definition) is 0. The van der Waals surface area contributed by atoms with Crippen molar-refractivity contribution in [3.63, 3.8) is 0 Å². The minimum atomic E-state index is -0.124. The molecule has 0 aromatic heterocycles. The van der Waals surface area contributed by atoms with Gasteiger partial charge in [-0.05, 0) is 56.8 Å². The number of carbonyl (C=O) groups excluding carboxylic acids is 1. The van der Waals surface area contributed by atoms with Gasteiger partial charge < -0.3 is 4.74 Å². The summed E-state index contributed by atoms with van der Waals surface area (Å²) in [6.45, 7) is 2.17. The van der Waals surface area contributed by atoms with Crippen molar-refractivity contribution in [2.45, 2.75) is 63.9 Å².